The van der Waals surface area contributed by atoms with Crippen molar-refractivity contribution < 1.29 is 18.7 Å². The molecule has 116 valence electrons. The van der Waals surface area contributed by atoms with Crippen molar-refractivity contribution in [3.05, 3.63) is 70.2 Å². The van der Waals surface area contributed by atoms with E-state index in [4.69, 9.17) is 11.6 Å². The number of rotatable bonds is 5. The first-order valence-corrected chi connectivity index (χ1v) is 6.97. The van der Waals surface area contributed by atoms with Crippen LogP contribution in [0.5, 0.6) is 0 Å². The minimum absolute atomic E-state index is 0.000537. The Bertz CT molecular complexity index is 679. The standard InChI is InChI=1S/C16H14ClF2NO2/c17-13-5-4-11(8-14(13)19)15(21)9-20-16(22)7-10-2-1-3-12(18)6-10/h1-6,8,15,21H,7,9H2,(H,20,22). The Morgan fingerprint density at radius 1 is 1.23 bits per heavy atom. The summed E-state index contributed by atoms with van der Waals surface area (Å²) in [5, 5.41) is 12.4. The molecule has 1 amide bonds. The average molecular weight is 326 g/mol. The van der Waals surface area contributed by atoms with Crippen LogP contribution in [-0.4, -0.2) is 17.6 Å². The van der Waals surface area contributed by atoms with Gasteiger partial charge in [0.25, 0.3) is 0 Å². The molecule has 0 saturated heterocycles. The van der Waals surface area contributed by atoms with E-state index >= 15 is 0 Å². The summed E-state index contributed by atoms with van der Waals surface area (Å²) in [6.45, 7) is -0.0742. The van der Waals surface area contributed by atoms with Crippen LogP contribution in [0.3, 0.4) is 0 Å². The van der Waals surface area contributed by atoms with Gasteiger partial charge in [0.1, 0.15) is 11.6 Å². The first-order valence-electron chi connectivity index (χ1n) is 6.60. The van der Waals surface area contributed by atoms with Crippen LogP contribution in [0, 0.1) is 11.6 Å². The Balaban J connectivity index is 1.88. The monoisotopic (exact) mass is 325 g/mol. The van der Waals surface area contributed by atoms with Crippen molar-refractivity contribution in [1.82, 2.24) is 5.32 Å². The van der Waals surface area contributed by atoms with Gasteiger partial charge in [0, 0.05) is 6.54 Å². The highest BCUT2D eigenvalue weighted by Gasteiger charge is 2.12. The Hall–Kier alpha value is -1.98. The minimum atomic E-state index is -1.05. The average Bonchev–Trinajstić information content (AvgIpc) is 2.47. The highest BCUT2D eigenvalue weighted by atomic mass is 35.5. The third kappa shape index (κ3) is 4.51. The minimum Gasteiger partial charge on any atom is -0.387 e. The number of nitrogens with one attached hydrogen (secondary N) is 1. The molecule has 0 bridgehead atoms. The van der Waals surface area contributed by atoms with Crippen molar-refractivity contribution in [3.8, 4) is 0 Å². The Kier molecular flexibility index (Phi) is 5.46. The summed E-state index contributed by atoms with van der Waals surface area (Å²) in [6.07, 6.45) is -1.05. The van der Waals surface area contributed by atoms with E-state index in [1.54, 1.807) is 6.07 Å². The van der Waals surface area contributed by atoms with Crippen LogP contribution in [0.2, 0.25) is 5.02 Å². The van der Waals surface area contributed by atoms with Crippen LogP contribution in [-0.2, 0) is 11.2 Å². The Morgan fingerprint density at radius 2 is 2.00 bits per heavy atom. The molecular formula is C16H14ClF2NO2. The van der Waals surface area contributed by atoms with E-state index in [2.05, 4.69) is 5.32 Å². The highest BCUT2D eigenvalue weighted by molar-refractivity contribution is 6.30. The molecule has 0 spiro atoms. The number of carbonyl (C=O) groups is 1. The van der Waals surface area contributed by atoms with Crippen molar-refractivity contribution in [1.29, 1.82) is 0 Å². The first-order chi connectivity index (χ1) is 10.5. The van der Waals surface area contributed by atoms with E-state index in [0.29, 0.717) is 11.1 Å². The molecular weight excluding hydrogens is 312 g/mol. The van der Waals surface area contributed by atoms with Crippen molar-refractivity contribution in [2.75, 3.05) is 6.54 Å². The summed E-state index contributed by atoms with van der Waals surface area (Å²) in [4.78, 5) is 11.7. The molecule has 0 aliphatic heterocycles. The number of amides is 1. The van der Waals surface area contributed by atoms with Gasteiger partial charge in [-0.1, -0.05) is 29.8 Å². The number of halogens is 3. The van der Waals surface area contributed by atoms with Gasteiger partial charge in [-0.05, 0) is 35.4 Å². The lowest BCUT2D eigenvalue weighted by Crippen LogP contribution is -2.29. The second-order valence-electron chi connectivity index (χ2n) is 4.80. The summed E-state index contributed by atoms with van der Waals surface area (Å²) in [5.41, 5.74) is 0.845. The van der Waals surface area contributed by atoms with Crippen LogP contribution in [0.25, 0.3) is 0 Å². The molecule has 0 aliphatic carbocycles. The number of aliphatic hydroxyl groups is 1. The maximum Gasteiger partial charge on any atom is 0.224 e. The molecule has 3 nitrogen and oxygen atoms in total. The van der Waals surface area contributed by atoms with Crippen LogP contribution < -0.4 is 5.32 Å². The molecule has 0 saturated carbocycles. The Morgan fingerprint density at radius 3 is 2.68 bits per heavy atom. The lowest BCUT2D eigenvalue weighted by atomic mass is 10.1. The fraction of sp³-hybridized carbons (Fsp3) is 0.188. The molecule has 0 radical (unpaired) electrons. The normalized spacial score (nSPS) is 12.0. The summed E-state index contributed by atoms with van der Waals surface area (Å²) in [5.74, 6) is -1.41. The highest BCUT2D eigenvalue weighted by Crippen LogP contribution is 2.19. The molecule has 1 atom stereocenters. The third-order valence-electron chi connectivity index (χ3n) is 3.07. The zero-order chi connectivity index (χ0) is 16.1. The van der Waals surface area contributed by atoms with Crippen LogP contribution >= 0.6 is 11.6 Å². The second kappa shape index (κ2) is 7.33. The second-order valence-corrected chi connectivity index (χ2v) is 5.21. The summed E-state index contributed by atoms with van der Waals surface area (Å²) < 4.78 is 26.3. The quantitative estimate of drug-likeness (QED) is 0.888. The maximum absolute atomic E-state index is 13.3. The number of benzene rings is 2. The smallest absolute Gasteiger partial charge is 0.224 e. The number of aliphatic hydroxyl groups excluding tert-OH is 1. The predicted molar refractivity (Wildman–Crippen MR) is 79.5 cm³/mol. The van der Waals surface area contributed by atoms with Crippen molar-refractivity contribution in [3.63, 3.8) is 0 Å². The lowest BCUT2D eigenvalue weighted by molar-refractivity contribution is -0.120. The van der Waals surface area contributed by atoms with Gasteiger partial charge in [-0.3, -0.25) is 4.79 Å². The van der Waals surface area contributed by atoms with Gasteiger partial charge < -0.3 is 10.4 Å². The molecule has 6 heteroatoms. The molecule has 0 aliphatic rings. The van der Waals surface area contributed by atoms with Crippen molar-refractivity contribution >= 4 is 17.5 Å². The largest absolute Gasteiger partial charge is 0.387 e. The van der Waals surface area contributed by atoms with Crippen molar-refractivity contribution in [2.24, 2.45) is 0 Å². The molecule has 2 aromatic rings. The lowest BCUT2D eigenvalue weighted by Gasteiger charge is -2.13. The molecule has 0 heterocycles. The maximum atomic E-state index is 13.3. The van der Waals surface area contributed by atoms with Gasteiger partial charge in [-0.25, -0.2) is 8.78 Å². The number of hydrogen-bond donors (Lipinski definition) is 2. The predicted octanol–water partition coefficient (Wildman–Crippen LogP) is 3.01. The van der Waals surface area contributed by atoms with E-state index in [1.165, 1.54) is 30.3 Å². The van der Waals surface area contributed by atoms with Gasteiger partial charge in [0.05, 0.1) is 17.5 Å². The molecule has 2 N–H and O–H groups in total. The summed E-state index contributed by atoms with van der Waals surface area (Å²) >= 11 is 5.56. The summed E-state index contributed by atoms with van der Waals surface area (Å²) in [7, 11) is 0. The van der Waals surface area contributed by atoms with E-state index in [0.717, 1.165) is 6.07 Å². The van der Waals surface area contributed by atoms with Crippen LogP contribution in [0.4, 0.5) is 8.78 Å². The summed E-state index contributed by atoms with van der Waals surface area (Å²) in [6, 6.07) is 9.65. The van der Waals surface area contributed by atoms with Crippen molar-refractivity contribution in [2.45, 2.75) is 12.5 Å². The van der Waals surface area contributed by atoms with Gasteiger partial charge in [0.2, 0.25) is 5.91 Å². The topological polar surface area (TPSA) is 49.3 Å². The van der Waals surface area contributed by atoms with Crippen LogP contribution in [0.1, 0.15) is 17.2 Å². The Labute approximate surface area is 131 Å². The molecule has 22 heavy (non-hydrogen) atoms. The number of carbonyl (C=O) groups excluding carboxylic acids is 1. The fourth-order valence-corrected chi connectivity index (χ4v) is 2.06. The SMILES string of the molecule is O=C(Cc1cccc(F)c1)NCC(O)c1ccc(Cl)c(F)c1. The van der Waals surface area contributed by atoms with E-state index < -0.39 is 17.7 Å². The molecule has 1 unspecified atom stereocenters. The van der Waals surface area contributed by atoms with E-state index in [-0.39, 0.29) is 23.9 Å². The van der Waals surface area contributed by atoms with E-state index in [1.807, 2.05) is 0 Å². The van der Waals surface area contributed by atoms with Gasteiger partial charge in [-0.15, -0.1) is 0 Å². The molecule has 2 rings (SSSR count). The third-order valence-corrected chi connectivity index (χ3v) is 3.38. The zero-order valence-electron chi connectivity index (χ0n) is 11.5. The molecule has 2 aromatic carbocycles. The molecule has 0 fully saturated rings. The van der Waals surface area contributed by atoms with Crippen LogP contribution in [0.15, 0.2) is 42.5 Å². The van der Waals surface area contributed by atoms with Gasteiger partial charge >= 0.3 is 0 Å². The first kappa shape index (κ1) is 16.4. The van der Waals surface area contributed by atoms with E-state index in [9.17, 15) is 18.7 Å². The molecule has 0 aromatic heterocycles. The van der Waals surface area contributed by atoms with Gasteiger partial charge in [-0.2, -0.15) is 0 Å². The number of hydrogen-bond acceptors (Lipinski definition) is 2. The van der Waals surface area contributed by atoms with Gasteiger partial charge in [0.15, 0.2) is 0 Å². The zero-order valence-corrected chi connectivity index (χ0v) is 12.3. The fourth-order valence-electron chi connectivity index (χ4n) is 1.94.